The smallest absolute Gasteiger partial charge is 0.241 e. The van der Waals surface area contributed by atoms with Crippen molar-refractivity contribution in [2.45, 2.75) is 4.90 Å². The van der Waals surface area contributed by atoms with Gasteiger partial charge in [-0.2, -0.15) is 0 Å². The minimum Gasteiger partial charge on any atom is -0.496 e. The lowest BCUT2D eigenvalue weighted by Gasteiger charge is -2.09. The summed E-state index contributed by atoms with van der Waals surface area (Å²) in [6.45, 7) is 0. The number of nitrogens with zero attached hydrogens (tertiary/aromatic N) is 1. The summed E-state index contributed by atoms with van der Waals surface area (Å²) in [5.74, 6) is 1.21. The zero-order chi connectivity index (χ0) is 17.2. The van der Waals surface area contributed by atoms with Gasteiger partial charge in [-0.05, 0) is 24.3 Å². The highest BCUT2D eigenvalue weighted by Crippen LogP contribution is 2.31. The molecule has 0 unspecified atom stereocenters. The van der Waals surface area contributed by atoms with Gasteiger partial charge in [0.15, 0.2) is 0 Å². The second-order valence-electron chi connectivity index (χ2n) is 5.70. The third-order valence-electron chi connectivity index (χ3n) is 4.25. The van der Waals surface area contributed by atoms with E-state index in [0.717, 1.165) is 32.5 Å². The number of para-hydroxylation sites is 3. The van der Waals surface area contributed by atoms with Crippen molar-refractivity contribution in [1.29, 1.82) is 0 Å². The number of aromatic nitrogens is 1. The van der Waals surface area contributed by atoms with E-state index in [1.165, 1.54) is 11.8 Å². The van der Waals surface area contributed by atoms with Crippen LogP contribution in [-0.2, 0) is 0 Å². The quantitative estimate of drug-likeness (QED) is 0.473. The summed E-state index contributed by atoms with van der Waals surface area (Å²) in [4.78, 5) is 14.0. The number of carbonyl (C=O) groups excluding carboxylic acids is 1. The first-order valence-corrected chi connectivity index (χ1v) is 9.05. The highest BCUT2D eigenvalue weighted by Gasteiger charge is 2.16. The lowest BCUT2D eigenvalue weighted by Crippen LogP contribution is -2.12. The van der Waals surface area contributed by atoms with Crippen LogP contribution in [-0.4, -0.2) is 23.3 Å². The summed E-state index contributed by atoms with van der Waals surface area (Å²) in [6, 6.07) is 23.9. The van der Waals surface area contributed by atoms with E-state index >= 15 is 0 Å². The highest BCUT2D eigenvalue weighted by atomic mass is 32.2. The number of hydrogen-bond donors (Lipinski definition) is 0. The third kappa shape index (κ3) is 2.79. The van der Waals surface area contributed by atoms with Crippen molar-refractivity contribution in [3.05, 3.63) is 72.8 Å². The van der Waals surface area contributed by atoms with Gasteiger partial charge in [0.2, 0.25) is 5.91 Å². The number of hydrogen-bond acceptors (Lipinski definition) is 3. The van der Waals surface area contributed by atoms with Crippen molar-refractivity contribution in [3.8, 4) is 5.75 Å². The fourth-order valence-corrected chi connectivity index (χ4v) is 4.01. The van der Waals surface area contributed by atoms with Gasteiger partial charge in [-0.25, -0.2) is 0 Å². The van der Waals surface area contributed by atoms with Crippen LogP contribution in [0.25, 0.3) is 21.8 Å². The maximum atomic E-state index is 13.0. The molecule has 0 amide bonds. The van der Waals surface area contributed by atoms with Crippen LogP contribution in [0.4, 0.5) is 0 Å². The first kappa shape index (κ1) is 15.8. The van der Waals surface area contributed by atoms with Crippen molar-refractivity contribution in [1.82, 2.24) is 4.57 Å². The van der Waals surface area contributed by atoms with Gasteiger partial charge in [0, 0.05) is 15.7 Å². The third-order valence-corrected chi connectivity index (χ3v) is 5.29. The molecule has 0 saturated carbocycles. The average molecular weight is 347 g/mol. The molecule has 0 spiro atoms. The van der Waals surface area contributed by atoms with Crippen molar-refractivity contribution in [2.75, 3.05) is 12.9 Å². The summed E-state index contributed by atoms with van der Waals surface area (Å²) in [6.07, 6.45) is 0. The molecular formula is C21H17NO2S. The second kappa shape index (κ2) is 6.65. The Labute approximate surface area is 150 Å². The van der Waals surface area contributed by atoms with Gasteiger partial charge in [0.05, 0.1) is 23.9 Å². The maximum absolute atomic E-state index is 13.0. The summed E-state index contributed by atoms with van der Waals surface area (Å²) in [5, 5.41) is 2.21. The van der Waals surface area contributed by atoms with Crippen LogP contribution >= 0.6 is 11.8 Å². The van der Waals surface area contributed by atoms with E-state index in [1.54, 1.807) is 7.11 Å². The minimum absolute atomic E-state index is 0.0632. The molecule has 25 heavy (non-hydrogen) atoms. The van der Waals surface area contributed by atoms with E-state index < -0.39 is 0 Å². The van der Waals surface area contributed by atoms with Gasteiger partial charge in [-0.15, -0.1) is 11.8 Å². The van der Waals surface area contributed by atoms with E-state index in [1.807, 2.05) is 65.2 Å². The van der Waals surface area contributed by atoms with Gasteiger partial charge in [0.1, 0.15) is 5.75 Å². The van der Waals surface area contributed by atoms with Crippen molar-refractivity contribution >= 4 is 39.5 Å². The molecule has 0 bridgehead atoms. The first-order valence-electron chi connectivity index (χ1n) is 8.07. The second-order valence-corrected chi connectivity index (χ2v) is 6.72. The fourth-order valence-electron chi connectivity index (χ4n) is 3.13. The molecule has 0 fully saturated rings. The fraction of sp³-hybridized carbons (Fsp3) is 0.0952. The van der Waals surface area contributed by atoms with Gasteiger partial charge >= 0.3 is 0 Å². The molecule has 3 aromatic carbocycles. The number of methoxy groups -OCH3 is 1. The molecule has 1 aromatic heterocycles. The summed E-state index contributed by atoms with van der Waals surface area (Å²) >= 11 is 1.50. The topological polar surface area (TPSA) is 31.2 Å². The number of fused-ring (bicyclic) bond motifs is 3. The molecule has 4 rings (SSSR count). The Kier molecular flexibility index (Phi) is 4.20. The number of rotatable bonds is 4. The lowest BCUT2D eigenvalue weighted by molar-refractivity contribution is 0.0951. The van der Waals surface area contributed by atoms with E-state index in [0.29, 0.717) is 5.75 Å². The minimum atomic E-state index is 0.0632. The SMILES string of the molecule is COc1ccccc1SCC(=O)n1c2ccccc2c2ccccc21. The molecule has 1 heterocycles. The molecule has 0 aliphatic heterocycles. The van der Waals surface area contributed by atoms with Crippen LogP contribution in [0, 0.1) is 0 Å². The van der Waals surface area contributed by atoms with Crippen LogP contribution in [0.5, 0.6) is 5.75 Å². The largest absolute Gasteiger partial charge is 0.496 e. The Balaban J connectivity index is 1.72. The molecule has 0 N–H and O–H groups in total. The lowest BCUT2D eigenvalue weighted by atomic mass is 10.2. The highest BCUT2D eigenvalue weighted by molar-refractivity contribution is 8.00. The van der Waals surface area contributed by atoms with Gasteiger partial charge in [-0.1, -0.05) is 48.5 Å². The van der Waals surface area contributed by atoms with Gasteiger partial charge in [-0.3, -0.25) is 9.36 Å². The molecule has 0 aliphatic carbocycles. The summed E-state index contributed by atoms with van der Waals surface area (Å²) < 4.78 is 7.20. The molecule has 4 aromatic rings. The molecular weight excluding hydrogens is 330 g/mol. The number of ether oxygens (including phenoxy) is 1. The van der Waals surface area contributed by atoms with E-state index in [2.05, 4.69) is 12.1 Å². The molecule has 0 radical (unpaired) electrons. The van der Waals surface area contributed by atoms with Gasteiger partial charge in [0.25, 0.3) is 0 Å². The van der Waals surface area contributed by atoms with E-state index in [-0.39, 0.29) is 5.91 Å². The number of thioether (sulfide) groups is 1. The molecule has 4 heteroatoms. The number of benzene rings is 3. The zero-order valence-corrected chi connectivity index (χ0v) is 14.6. The van der Waals surface area contributed by atoms with Crippen molar-refractivity contribution in [2.24, 2.45) is 0 Å². The molecule has 124 valence electrons. The molecule has 0 aliphatic rings. The average Bonchev–Trinajstić information content (AvgIpc) is 3.01. The summed E-state index contributed by atoms with van der Waals surface area (Å²) in [5.41, 5.74) is 1.91. The standard InChI is InChI=1S/C21H17NO2S/c1-24-19-12-6-7-13-20(19)25-14-21(23)22-17-10-4-2-8-15(17)16-9-3-5-11-18(16)22/h2-13H,14H2,1H3. The Morgan fingerprint density at radius 3 is 2.08 bits per heavy atom. The van der Waals surface area contributed by atoms with E-state index in [4.69, 9.17) is 4.74 Å². The Bertz CT molecular complexity index is 1010. The maximum Gasteiger partial charge on any atom is 0.241 e. The van der Waals surface area contributed by atoms with Gasteiger partial charge < -0.3 is 4.74 Å². The Morgan fingerprint density at radius 1 is 0.880 bits per heavy atom. The van der Waals surface area contributed by atoms with Crippen molar-refractivity contribution in [3.63, 3.8) is 0 Å². The molecule has 0 saturated heterocycles. The van der Waals surface area contributed by atoms with Crippen LogP contribution < -0.4 is 4.74 Å². The predicted molar refractivity (Wildman–Crippen MR) is 104 cm³/mol. The normalized spacial score (nSPS) is 11.1. The Hall–Kier alpha value is -2.72. The number of carbonyl (C=O) groups is 1. The van der Waals surface area contributed by atoms with Crippen LogP contribution in [0.15, 0.2) is 77.7 Å². The van der Waals surface area contributed by atoms with Crippen LogP contribution in [0.1, 0.15) is 4.79 Å². The van der Waals surface area contributed by atoms with E-state index in [9.17, 15) is 4.79 Å². The van der Waals surface area contributed by atoms with Crippen molar-refractivity contribution < 1.29 is 9.53 Å². The molecule has 3 nitrogen and oxygen atoms in total. The Morgan fingerprint density at radius 2 is 1.44 bits per heavy atom. The summed E-state index contributed by atoms with van der Waals surface area (Å²) in [7, 11) is 1.65. The predicted octanol–water partition coefficient (Wildman–Crippen LogP) is 5.24. The van der Waals surface area contributed by atoms with Crippen LogP contribution in [0.2, 0.25) is 0 Å². The first-order chi connectivity index (χ1) is 12.3. The molecule has 0 atom stereocenters. The zero-order valence-electron chi connectivity index (χ0n) is 13.8. The van der Waals surface area contributed by atoms with Crippen LogP contribution in [0.3, 0.4) is 0 Å². The monoisotopic (exact) mass is 347 g/mol.